The second-order valence-corrected chi connectivity index (χ2v) is 8.16. The summed E-state index contributed by atoms with van der Waals surface area (Å²) < 4.78 is 42.1. The van der Waals surface area contributed by atoms with Crippen molar-refractivity contribution < 1.29 is 27.8 Å². The second kappa shape index (κ2) is 11.0. The van der Waals surface area contributed by atoms with Crippen LogP contribution in [0.1, 0.15) is 34.9 Å². The fraction of sp³-hybridized carbons (Fsp3) is 0.292. The van der Waals surface area contributed by atoms with Gasteiger partial charge in [0.2, 0.25) is 0 Å². The first kappa shape index (κ1) is 24.5. The van der Waals surface area contributed by atoms with Crippen LogP contribution < -0.4 is 4.74 Å². The zero-order valence-electron chi connectivity index (χ0n) is 17.6. The maximum absolute atomic E-state index is 12.3. The van der Waals surface area contributed by atoms with Crippen LogP contribution in [0.5, 0.6) is 5.75 Å². The average molecular weight is 451 g/mol. The molecule has 0 saturated heterocycles. The minimum Gasteiger partial charge on any atom is -0.497 e. The van der Waals surface area contributed by atoms with Gasteiger partial charge < -0.3 is 9.84 Å². The lowest BCUT2D eigenvalue weighted by Crippen LogP contribution is -2.03. The Morgan fingerprint density at radius 2 is 1.71 bits per heavy atom. The highest BCUT2D eigenvalue weighted by molar-refractivity contribution is 7.15. The molecule has 0 aliphatic rings. The van der Waals surface area contributed by atoms with E-state index >= 15 is 0 Å². The summed E-state index contributed by atoms with van der Waals surface area (Å²) in [6, 6.07) is 14.9. The van der Waals surface area contributed by atoms with E-state index in [4.69, 9.17) is 9.84 Å². The lowest BCUT2D eigenvalue weighted by Gasteiger charge is -2.08. The molecule has 0 aliphatic carbocycles. The number of carboxylic acid groups (broad SMARTS) is 1. The second-order valence-electron chi connectivity index (χ2n) is 6.87. The van der Waals surface area contributed by atoms with Crippen molar-refractivity contribution in [2.24, 2.45) is 0 Å². The lowest BCUT2D eigenvalue weighted by atomic mass is 10.0. The van der Waals surface area contributed by atoms with Gasteiger partial charge in [-0.05, 0) is 72.9 Å². The maximum Gasteiger partial charge on any atom is 0.416 e. The SMILES string of the molecule is CCc1cc(OC)ccc1CCC(=O)O.Cc1ccc(-c2ccc(C(F)(F)F)cc2)s1. The molecule has 2 aromatic carbocycles. The normalized spacial score (nSPS) is 10.9. The molecule has 31 heavy (non-hydrogen) atoms. The molecule has 1 aromatic heterocycles. The molecule has 0 atom stereocenters. The Kier molecular flexibility index (Phi) is 8.68. The topological polar surface area (TPSA) is 46.5 Å². The van der Waals surface area contributed by atoms with Gasteiger partial charge in [0.05, 0.1) is 12.7 Å². The van der Waals surface area contributed by atoms with Crippen LogP contribution in [-0.2, 0) is 23.8 Å². The van der Waals surface area contributed by atoms with Crippen LogP contribution >= 0.6 is 11.3 Å². The van der Waals surface area contributed by atoms with Gasteiger partial charge in [-0.3, -0.25) is 4.79 Å². The van der Waals surface area contributed by atoms with Gasteiger partial charge in [-0.1, -0.05) is 25.1 Å². The van der Waals surface area contributed by atoms with Gasteiger partial charge in [0, 0.05) is 16.2 Å². The van der Waals surface area contributed by atoms with Crippen molar-refractivity contribution in [3.8, 4) is 16.2 Å². The number of carboxylic acids is 1. The summed E-state index contributed by atoms with van der Waals surface area (Å²) in [4.78, 5) is 12.6. The van der Waals surface area contributed by atoms with Crippen molar-refractivity contribution in [2.75, 3.05) is 7.11 Å². The summed E-state index contributed by atoms with van der Waals surface area (Å²) in [7, 11) is 1.63. The van der Waals surface area contributed by atoms with Crippen LogP contribution in [0.25, 0.3) is 10.4 Å². The van der Waals surface area contributed by atoms with Crippen molar-refractivity contribution >= 4 is 17.3 Å². The van der Waals surface area contributed by atoms with E-state index in [1.54, 1.807) is 18.4 Å². The van der Waals surface area contributed by atoms with Gasteiger partial charge in [0.1, 0.15) is 5.75 Å². The molecule has 7 heteroatoms. The predicted molar refractivity (Wildman–Crippen MR) is 118 cm³/mol. The van der Waals surface area contributed by atoms with Gasteiger partial charge in [-0.15, -0.1) is 11.3 Å². The van der Waals surface area contributed by atoms with Gasteiger partial charge in [0.25, 0.3) is 0 Å². The Labute approximate surface area is 184 Å². The van der Waals surface area contributed by atoms with Crippen LogP contribution in [0.2, 0.25) is 0 Å². The standard InChI is InChI=1S/C12H9F3S.C12H16O3/c1-8-2-7-11(16-8)9-3-5-10(6-4-9)12(13,14)15;1-3-9-8-11(15-2)6-4-10(9)5-7-12(13)14/h2-7H,1H3;4,6,8H,3,5,7H2,1-2H3,(H,13,14). The van der Waals surface area contributed by atoms with Crippen molar-refractivity contribution in [1.82, 2.24) is 0 Å². The maximum atomic E-state index is 12.3. The fourth-order valence-corrected chi connectivity index (χ4v) is 3.83. The van der Waals surface area contributed by atoms with Crippen molar-refractivity contribution in [3.05, 3.63) is 76.2 Å². The van der Waals surface area contributed by atoms with Crippen molar-refractivity contribution in [1.29, 1.82) is 0 Å². The molecule has 0 unspecified atom stereocenters. The third-order valence-corrected chi connectivity index (χ3v) is 5.69. The molecule has 166 valence electrons. The van der Waals surface area contributed by atoms with E-state index in [0.717, 1.165) is 50.7 Å². The number of alkyl halides is 3. The number of benzene rings is 2. The molecule has 3 aromatic rings. The Hall–Kier alpha value is -2.80. The lowest BCUT2D eigenvalue weighted by molar-refractivity contribution is -0.138. The summed E-state index contributed by atoms with van der Waals surface area (Å²) >= 11 is 1.57. The Balaban J connectivity index is 0.000000221. The van der Waals surface area contributed by atoms with E-state index in [9.17, 15) is 18.0 Å². The highest BCUT2D eigenvalue weighted by atomic mass is 32.1. The van der Waals surface area contributed by atoms with E-state index in [2.05, 4.69) is 6.92 Å². The number of thiophene rings is 1. The van der Waals surface area contributed by atoms with Crippen LogP contribution in [0.15, 0.2) is 54.6 Å². The number of carbonyl (C=O) groups is 1. The van der Waals surface area contributed by atoms with Crippen molar-refractivity contribution in [2.45, 2.75) is 39.3 Å². The average Bonchev–Trinajstić information content (AvgIpc) is 3.18. The van der Waals surface area contributed by atoms with Crippen LogP contribution in [0, 0.1) is 6.92 Å². The quantitative estimate of drug-likeness (QED) is 0.439. The molecule has 0 fully saturated rings. The molecule has 1 heterocycles. The van der Waals surface area contributed by atoms with Crippen LogP contribution in [0.3, 0.4) is 0 Å². The smallest absolute Gasteiger partial charge is 0.416 e. The molecule has 0 bridgehead atoms. The summed E-state index contributed by atoms with van der Waals surface area (Å²) in [6.45, 7) is 4.03. The van der Waals surface area contributed by atoms with Crippen LogP contribution in [0.4, 0.5) is 13.2 Å². The van der Waals surface area contributed by atoms with Crippen molar-refractivity contribution in [3.63, 3.8) is 0 Å². The first-order chi connectivity index (χ1) is 14.6. The molecular weight excluding hydrogens is 425 g/mol. The van der Waals surface area contributed by atoms with E-state index in [-0.39, 0.29) is 6.42 Å². The Morgan fingerprint density at radius 1 is 1.03 bits per heavy atom. The highest BCUT2D eigenvalue weighted by Crippen LogP contribution is 2.32. The first-order valence-corrected chi connectivity index (χ1v) is 10.6. The third-order valence-electron chi connectivity index (χ3n) is 4.64. The zero-order chi connectivity index (χ0) is 23.0. The molecular formula is C24H25F3O3S. The molecule has 0 amide bonds. The van der Waals surface area contributed by atoms with E-state index < -0.39 is 17.7 Å². The number of aliphatic carboxylic acids is 1. The fourth-order valence-electron chi connectivity index (χ4n) is 2.96. The Bertz CT molecular complexity index is 992. The number of hydrogen-bond acceptors (Lipinski definition) is 3. The zero-order valence-corrected chi connectivity index (χ0v) is 18.4. The van der Waals surface area contributed by atoms with E-state index in [1.165, 1.54) is 12.1 Å². The summed E-state index contributed by atoms with van der Waals surface area (Å²) in [6.07, 6.45) is -2.60. The summed E-state index contributed by atoms with van der Waals surface area (Å²) in [5.74, 6) is 0.0683. The first-order valence-electron chi connectivity index (χ1n) is 9.75. The highest BCUT2D eigenvalue weighted by Gasteiger charge is 2.29. The monoisotopic (exact) mass is 450 g/mol. The summed E-state index contributed by atoms with van der Waals surface area (Å²) in [5, 5.41) is 8.61. The largest absolute Gasteiger partial charge is 0.497 e. The number of halogens is 3. The molecule has 0 spiro atoms. The molecule has 3 rings (SSSR count). The van der Waals surface area contributed by atoms with E-state index in [1.807, 2.05) is 37.3 Å². The number of hydrogen-bond donors (Lipinski definition) is 1. The number of methoxy groups -OCH3 is 1. The van der Waals surface area contributed by atoms with Crippen LogP contribution in [-0.4, -0.2) is 18.2 Å². The summed E-state index contributed by atoms with van der Waals surface area (Å²) in [5.41, 5.74) is 2.48. The number of ether oxygens (including phenoxy) is 1. The van der Waals surface area contributed by atoms with Gasteiger partial charge in [-0.2, -0.15) is 13.2 Å². The molecule has 0 saturated carbocycles. The number of rotatable bonds is 6. The number of aryl methyl sites for hydroxylation is 3. The van der Waals surface area contributed by atoms with Gasteiger partial charge in [-0.25, -0.2) is 0 Å². The van der Waals surface area contributed by atoms with E-state index in [0.29, 0.717) is 6.42 Å². The molecule has 0 aliphatic heterocycles. The van der Waals surface area contributed by atoms with Gasteiger partial charge in [0.15, 0.2) is 0 Å². The van der Waals surface area contributed by atoms with Gasteiger partial charge >= 0.3 is 12.1 Å². The predicted octanol–water partition coefficient (Wildman–Crippen LogP) is 7.02. The Morgan fingerprint density at radius 3 is 2.19 bits per heavy atom. The minimum absolute atomic E-state index is 0.180. The molecule has 3 nitrogen and oxygen atoms in total. The minimum atomic E-state index is -4.26. The third kappa shape index (κ3) is 7.43. The molecule has 1 N–H and O–H groups in total. The molecule has 0 radical (unpaired) electrons.